The fourth-order valence-electron chi connectivity index (χ4n) is 1.55. The van der Waals surface area contributed by atoms with Crippen molar-refractivity contribution in [3.8, 4) is 0 Å². The molecule has 0 aromatic rings. The summed E-state index contributed by atoms with van der Waals surface area (Å²) < 4.78 is 0. The lowest BCUT2D eigenvalue weighted by atomic mass is 10.3. The number of nitrogens with zero attached hydrogens (tertiary/aromatic N) is 1. The molecule has 0 radical (unpaired) electrons. The Kier molecular flexibility index (Phi) is 3.46. The fourth-order valence-corrected chi connectivity index (χ4v) is 1.55. The quantitative estimate of drug-likeness (QED) is 0.568. The Morgan fingerprint density at radius 1 is 1.64 bits per heavy atom. The summed E-state index contributed by atoms with van der Waals surface area (Å²) in [5.74, 6) is -0.455. The third-order valence-electron chi connectivity index (χ3n) is 2.05. The van der Waals surface area contributed by atoms with Gasteiger partial charge in [0.25, 0.3) is 0 Å². The topological polar surface area (TPSA) is 69.6 Å². The highest BCUT2D eigenvalue weighted by atomic mass is 16.3. The van der Waals surface area contributed by atoms with Gasteiger partial charge in [-0.2, -0.15) is 0 Å². The third kappa shape index (κ3) is 2.99. The summed E-state index contributed by atoms with van der Waals surface area (Å²) in [6.07, 6.45) is -0.670. The van der Waals surface area contributed by atoms with Crippen LogP contribution in [-0.4, -0.2) is 47.1 Å². The zero-order valence-corrected chi connectivity index (χ0v) is 8.49. The van der Waals surface area contributed by atoms with Crippen molar-refractivity contribution in [1.29, 1.82) is 0 Å². The maximum atomic E-state index is 11.5. The van der Waals surface area contributed by atoms with Crippen molar-refractivity contribution < 1.29 is 14.7 Å². The molecule has 0 aromatic carbocycles. The largest absolute Gasteiger partial charge is 0.392 e. The molecular weight excluding hydrogens is 184 g/mol. The van der Waals surface area contributed by atoms with Crippen LogP contribution in [0.5, 0.6) is 0 Å². The summed E-state index contributed by atoms with van der Waals surface area (Å²) in [7, 11) is 0. The second kappa shape index (κ2) is 4.41. The Morgan fingerprint density at radius 3 is 2.86 bits per heavy atom. The Morgan fingerprint density at radius 2 is 2.29 bits per heavy atom. The van der Waals surface area contributed by atoms with Crippen LogP contribution in [0.3, 0.4) is 0 Å². The molecule has 1 aliphatic rings. The molecule has 0 saturated carbocycles. The molecule has 80 valence electrons. The number of hydrogen-bond donors (Lipinski definition) is 2. The van der Waals surface area contributed by atoms with Crippen LogP contribution in [0, 0.1) is 0 Å². The number of amides is 2. The molecule has 2 N–H and O–H groups in total. The number of nitrogens with one attached hydrogen (secondary N) is 1. The number of carbonyl (C=O) groups is 2. The zero-order valence-electron chi connectivity index (χ0n) is 8.49. The first-order chi connectivity index (χ1) is 6.49. The molecule has 1 fully saturated rings. The lowest BCUT2D eigenvalue weighted by molar-refractivity contribution is -0.135. The van der Waals surface area contributed by atoms with Gasteiger partial charge >= 0.3 is 0 Å². The Hall–Kier alpha value is -1.10. The molecule has 1 heterocycles. The summed E-state index contributed by atoms with van der Waals surface area (Å²) >= 11 is 0. The summed E-state index contributed by atoms with van der Waals surface area (Å²) in [5, 5.41) is 11.9. The monoisotopic (exact) mass is 200 g/mol. The van der Waals surface area contributed by atoms with Gasteiger partial charge in [0.2, 0.25) is 11.8 Å². The number of aliphatic hydroxyl groups is 1. The molecule has 2 atom stereocenters. The van der Waals surface area contributed by atoms with Crippen molar-refractivity contribution in [3.05, 3.63) is 0 Å². The first-order valence-electron chi connectivity index (χ1n) is 4.74. The zero-order chi connectivity index (χ0) is 10.7. The highest BCUT2D eigenvalue weighted by molar-refractivity contribution is 5.97. The van der Waals surface area contributed by atoms with Crippen molar-refractivity contribution >= 4 is 11.8 Å². The van der Waals surface area contributed by atoms with Crippen LogP contribution in [0.15, 0.2) is 0 Å². The minimum atomic E-state index is -0.556. The third-order valence-corrected chi connectivity index (χ3v) is 2.05. The number of carbonyl (C=O) groups excluding carboxylic acids is 2. The molecule has 5 heteroatoms. The van der Waals surface area contributed by atoms with Crippen molar-refractivity contribution in [2.75, 3.05) is 13.1 Å². The lowest BCUT2D eigenvalue weighted by Gasteiger charge is -2.23. The SMILES string of the molecule is CC(O)CN1CC(C)NC(=O)CC1=O. The molecule has 1 aliphatic heterocycles. The van der Waals surface area contributed by atoms with Gasteiger partial charge < -0.3 is 15.3 Å². The number of hydrogen-bond acceptors (Lipinski definition) is 3. The Balaban J connectivity index is 2.64. The van der Waals surface area contributed by atoms with Crippen LogP contribution in [0.1, 0.15) is 20.3 Å². The summed E-state index contributed by atoms with van der Waals surface area (Å²) in [5.41, 5.74) is 0. The summed E-state index contributed by atoms with van der Waals surface area (Å²) in [6.45, 7) is 4.22. The van der Waals surface area contributed by atoms with E-state index in [1.807, 2.05) is 6.92 Å². The second-order valence-corrected chi connectivity index (χ2v) is 3.79. The van der Waals surface area contributed by atoms with Crippen LogP contribution < -0.4 is 5.32 Å². The van der Waals surface area contributed by atoms with Crippen molar-refractivity contribution in [3.63, 3.8) is 0 Å². The van der Waals surface area contributed by atoms with Crippen molar-refractivity contribution in [2.45, 2.75) is 32.4 Å². The minimum Gasteiger partial charge on any atom is -0.392 e. The Labute approximate surface area is 83.1 Å². The molecule has 2 amide bonds. The van der Waals surface area contributed by atoms with Gasteiger partial charge in [-0.15, -0.1) is 0 Å². The summed E-state index contributed by atoms with van der Waals surface area (Å²) in [4.78, 5) is 24.1. The molecule has 1 saturated heterocycles. The number of rotatable bonds is 2. The van der Waals surface area contributed by atoms with Crippen LogP contribution in [-0.2, 0) is 9.59 Å². The van der Waals surface area contributed by atoms with Gasteiger partial charge in [-0.3, -0.25) is 9.59 Å². The van der Waals surface area contributed by atoms with Crippen LogP contribution in [0.4, 0.5) is 0 Å². The molecule has 0 bridgehead atoms. The molecule has 2 unspecified atom stereocenters. The fraction of sp³-hybridized carbons (Fsp3) is 0.778. The normalized spacial score (nSPS) is 25.6. The van der Waals surface area contributed by atoms with E-state index in [4.69, 9.17) is 5.11 Å². The second-order valence-electron chi connectivity index (χ2n) is 3.79. The van der Waals surface area contributed by atoms with Gasteiger partial charge in [-0.25, -0.2) is 0 Å². The lowest BCUT2D eigenvalue weighted by Crippen LogP contribution is -2.41. The van der Waals surface area contributed by atoms with E-state index in [9.17, 15) is 9.59 Å². The molecule has 5 nitrogen and oxygen atoms in total. The van der Waals surface area contributed by atoms with Crippen molar-refractivity contribution in [1.82, 2.24) is 10.2 Å². The molecule has 1 rings (SSSR count). The van der Waals surface area contributed by atoms with Crippen LogP contribution >= 0.6 is 0 Å². The molecule has 0 aliphatic carbocycles. The van der Waals surface area contributed by atoms with E-state index < -0.39 is 6.10 Å². The van der Waals surface area contributed by atoms with E-state index in [0.717, 1.165) is 0 Å². The van der Waals surface area contributed by atoms with Gasteiger partial charge in [0.05, 0.1) is 6.10 Å². The summed E-state index contributed by atoms with van der Waals surface area (Å²) in [6, 6.07) is -0.0484. The molecule has 0 aromatic heterocycles. The van der Waals surface area contributed by atoms with Crippen LogP contribution in [0.25, 0.3) is 0 Å². The van der Waals surface area contributed by atoms with Crippen molar-refractivity contribution in [2.24, 2.45) is 0 Å². The van der Waals surface area contributed by atoms with Gasteiger partial charge in [0.1, 0.15) is 6.42 Å². The van der Waals surface area contributed by atoms with Gasteiger partial charge in [-0.05, 0) is 13.8 Å². The molecular formula is C9H16N2O3. The van der Waals surface area contributed by atoms with E-state index in [-0.39, 0.29) is 30.8 Å². The highest BCUT2D eigenvalue weighted by Crippen LogP contribution is 2.04. The van der Waals surface area contributed by atoms with Gasteiger partial charge in [0, 0.05) is 19.1 Å². The maximum absolute atomic E-state index is 11.5. The molecule has 14 heavy (non-hydrogen) atoms. The highest BCUT2D eigenvalue weighted by Gasteiger charge is 2.25. The average Bonchev–Trinajstić information content (AvgIpc) is 2.10. The predicted octanol–water partition coefficient (Wildman–Crippen LogP) is -0.896. The van der Waals surface area contributed by atoms with E-state index >= 15 is 0 Å². The van der Waals surface area contributed by atoms with Gasteiger partial charge in [0.15, 0.2) is 0 Å². The first-order valence-corrected chi connectivity index (χ1v) is 4.74. The number of β-amino-alcohol motifs (C(OH)–C–C–N with tert-alkyl or cyclic N) is 1. The van der Waals surface area contributed by atoms with E-state index in [1.165, 1.54) is 4.90 Å². The predicted molar refractivity (Wildman–Crippen MR) is 50.5 cm³/mol. The number of aliphatic hydroxyl groups excluding tert-OH is 1. The van der Waals surface area contributed by atoms with Crippen LogP contribution in [0.2, 0.25) is 0 Å². The first kappa shape index (κ1) is 11.0. The standard InChI is InChI=1S/C9H16N2O3/c1-6-4-11(5-7(2)12)9(14)3-8(13)10-6/h6-7,12H,3-5H2,1-2H3,(H,10,13). The van der Waals surface area contributed by atoms with E-state index in [0.29, 0.717) is 6.54 Å². The van der Waals surface area contributed by atoms with Gasteiger partial charge in [-0.1, -0.05) is 0 Å². The minimum absolute atomic E-state index is 0.0484. The Bertz CT molecular complexity index is 240. The van der Waals surface area contributed by atoms with E-state index in [1.54, 1.807) is 6.92 Å². The molecule has 0 spiro atoms. The van der Waals surface area contributed by atoms with E-state index in [2.05, 4.69) is 5.32 Å². The average molecular weight is 200 g/mol. The maximum Gasteiger partial charge on any atom is 0.232 e. The smallest absolute Gasteiger partial charge is 0.232 e.